The average molecular weight is 305 g/mol. The molecular formula is C12H21ClN4OS. The van der Waals surface area contributed by atoms with Crippen molar-refractivity contribution in [3.05, 3.63) is 10.6 Å². The Hall–Kier alpha value is -0.720. The van der Waals surface area contributed by atoms with Gasteiger partial charge in [-0.15, -0.1) is 17.5 Å². The molecule has 1 aromatic rings. The summed E-state index contributed by atoms with van der Waals surface area (Å²) in [6, 6.07) is 0.160. The maximum absolute atomic E-state index is 12.5. The first-order valence-electron chi connectivity index (χ1n) is 6.49. The molecule has 2 unspecified atom stereocenters. The van der Waals surface area contributed by atoms with Crippen molar-refractivity contribution in [3.63, 3.8) is 0 Å². The van der Waals surface area contributed by atoms with Crippen LogP contribution in [0.25, 0.3) is 0 Å². The van der Waals surface area contributed by atoms with E-state index >= 15 is 0 Å². The molecule has 0 bridgehead atoms. The van der Waals surface area contributed by atoms with Gasteiger partial charge in [-0.3, -0.25) is 4.79 Å². The molecule has 19 heavy (non-hydrogen) atoms. The van der Waals surface area contributed by atoms with Crippen molar-refractivity contribution in [1.29, 1.82) is 0 Å². The van der Waals surface area contributed by atoms with Gasteiger partial charge in [0.2, 0.25) is 0 Å². The van der Waals surface area contributed by atoms with Crippen LogP contribution in [0.2, 0.25) is 0 Å². The van der Waals surface area contributed by atoms with Crippen molar-refractivity contribution in [3.8, 4) is 0 Å². The molecule has 0 saturated carbocycles. The zero-order chi connectivity index (χ0) is 13.1. The lowest BCUT2D eigenvalue weighted by molar-refractivity contribution is 0.0577. The van der Waals surface area contributed by atoms with Gasteiger partial charge in [0.25, 0.3) is 5.91 Å². The SMILES string of the molecule is CCc1nnsc1C(=O)N1CCC(C)CC1CN.Cl. The van der Waals surface area contributed by atoms with Gasteiger partial charge in [0.15, 0.2) is 0 Å². The summed E-state index contributed by atoms with van der Waals surface area (Å²) in [5.74, 6) is 0.706. The van der Waals surface area contributed by atoms with Crippen molar-refractivity contribution >= 4 is 29.8 Å². The van der Waals surface area contributed by atoms with E-state index in [1.54, 1.807) is 0 Å². The average Bonchev–Trinajstić information content (AvgIpc) is 2.86. The van der Waals surface area contributed by atoms with Crippen molar-refractivity contribution in [1.82, 2.24) is 14.5 Å². The molecule has 1 saturated heterocycles. The van der Waals surface area contributed by atoms with Crippen LogP contribution in [-0.2, 0) is 6.42 Å². The summed E-state index contributed by atoms with van der Waals surface area (Å²) in [6.07, 6.45) is 2.79. The van der Waals surface area contributed by atoms with Gasteiger partial charge >= 0.3 is 0 Å². The van der Waals surface area contributed by atoms with E-state index in [4.69, 9.17) is 5.73 Å². The third-order valence-corrected chi connectivity index (χ3v) is 4.35. The Morgan fingerprint density at radius 1 is 1.58 bits per heavy atom. The summed E-state index contributed by atoms with van der Waals surface area (Å²) < 4.78 is 3.89. The van der Waals surface area contributed by atoms with Crippen LogP contribution < -0.4 is 5.73 Å². The Morgan fingerprint density at radius 2 is 2.32 bits per heavy atom. The molecule has 1 aliphatic heterocycles. The summed E-state index contributed by atoms with van der Waals surface area (Å²) in [6.45, 7) is 5.54. The van der Waals surface area contributed by atoms with E-state index in [0.717, 1.165) is 31.5 Å². The molecule has 108 valence electrons. The van der Waals surface area contributed by atoms with Gasteiger partial charge in [-0.05, 0) is 36.7 Å². The van der Waals surface area contributed by atoms with E-state index in [9.17, 15) is 4.79 Å². The highest BCUT2D eigenvalue weighted by Gasteiger charge is 2.31. The number of likely N-dealkylation sites (tertiary alicyclic amines) is 1. The third-order valence-electron chi connectivity index (χ3n) is 3.60. The molecule has 0 radical (unpaired) electrons. The fourth-order valence-corrected chi connectivity index (χ4v) is 3.18. The second kappa shape index (κ2) is 7.17. The molecule has 2 atom stereocenters. The van der Waals surface area contributed by atoms with Gasteiger partial charge in [0.05, 0.1) is 5.69 Å². The highest BCUT2D eigenvalue weighted by molar-refractivity contribution is 7.08. The van der Waals surface area contributed by atoms with Crippen molar-refractivity contribution in [2.24, 2.45) is 11.7 Å². The van der Waals surface area contributed by atoms with Gasteiger partial charge < -0.3 is 10.6 Å². The second-order valence-corrected chi connectivity index (χ2v) is 5.67. The first kappa shape index (κ1) is 16.3. The van der Waals surface area contributed by atoms with Crippen LogP contribution in [0.15, 0.2) is 0 Å². The molecule has 2 heterocycles. The predicted octanol–water partition coefficient (Wildman–Crippen LogP) is 1.72. The lowest BCUT2D eigenvalue weighted by atomic mass is 9.92. The monoisotopic (exact) mass is 304 g/mol. The van der Waals surface area contributed by atoms with Crippen LogP contribution in [0.1, 0.15) is 42.1 Å². The normalized spacial score (nSPS) is 23.0. The van der Waals surface area contributed by atoms with Gasteiger partial charge in [0.1, 0.15) is 4.88 Å². The first-order valence-corrected chi connectivity index (χ1v) is 7.27. The molecule has 1 aromatic heterocycles. The number of hydrogen-bond donors (Lipinski definition) is 1. The van der Waals surface area contributed by atoms with Crippen LogP contribution in [0.3, 0.4) is 0 Å². The number of hydrogen-bond acceptors (Lipinski definition) is 5. The van der Waals surface area contributed by atoms with Crippen LogP contribution in [0, 0.1) is 5.92 Å². The van der Waals surface area contributed by atoms with E-state index < -0.39 is 0 Å². The molecule has 7 heteroatoms. The van der Waals surface area contributed by atoms with E-state index in [0.29, 0.717) is 17.3 Å². The molecule has 2 N–H and O–H groups in total. The molecule has 1 fully saturated rings. The second-order valence-electron chi connectivity index (χ2n) is 4.92. The summed E-state index contributed by atoms with van der Waals surface area (Å²) in [5.41, 5.74) is 6.60. The number of piperidine rings is 1. The van der Waals surface area contributed by atoms with Gasteiger partial charge in [-0.2, -0.15) is 0 Å². The minimum absolute atomic E-state index is 0. The zero-order valence-electron chi connectivity index (χ0n) is 11.3. The smallest absolute Gasteiger partial charge is 0.267 e. The summed E-state index contributed by atoms with van der Waals surface area (Å²) >= 11 is 1.20. The topological polar surface area (TPSA) is 72.1 Å². The number of halogens is 1. The van der Waals surface area contributed by atoms with Crippen LogP contribution in [-0.4, -0.2) is 39.5 Å². The maximum Gasteiger partial charge on any atom is 0.267 e. The first-order chi connectivity index (χ1) is 8.67. The highest BCUT2D eigenvalue weighted by atomic mass is 35.5. The summed E-state index contributed by atoms with van der Waals surface area (Å²) in [7, 11) is 0. The molecule has 0 aromatic carbocycles. The molecule has 0 spiro atoms. The number of amides is 1. The molecule has 1 amide bonds. The lowest BCUT2D eigenvalue weighted by Crippen LogP contribution is -2.49. The van der Waals surface area contributed by atoms with E-state index in [1.165, 1.54) is 11.5 Å². The quantitative estimate of drug-likeness (QED) is 0.923. The highest BCUT2D eigenvalue weighted by Crippen LogP contribution is 2.25. The number of nitrogens with zero attached hydrogens (tertiary/aromatic N) is 3. The van der Waals surface area contributed by atoms with Crippen molar-refractivity contribution < 1.29 is 4.79 Å². The van der Waals surface area contributed by atoms with Crippen molar-refractivity contribution in [2.45, 2.75) is 39.2 Å². The molecular weight excluding hydrogens is 284 g/mol. The fraction of sp³-hybridized carbons (Fsp3) is 0.750. The number of aromatic nitrogens is 2. The third kappa shape index (κ3) is 3.43. The van der Waals surface area contributed by atoms with Crippen LogP contribution in [0.5, 0.6) is 0 Å². The standard InChI is InChI=1S/C12H20N4OS.ClH/c1-3-10-11(18-15-14-10)12(17)16-5-4-8(2)6-9(16)7-13;/h8-9H,3-7,13H2,1-2H3;1H. The zero-order valence-corrected chi connectivity index (χ0v) is 13.0. The molecule has 0 aliphatic carbocycles. The van der Waals surface area contributed by atoms with Crippen molar-refractivity contribution in [2.75, 3.05) is 13.1 Å². The fourth-order valence-electron chi connectivity index (χ4n) is 2.48. The van der Waals surface area contributed by atoms with E-state index in [2.05, 4.69) is 16.5 Å². The minimum Gasteiger partial charge on any atom is -0.334 e. The molecule has 2 rings (SSSR count). The Bertz CT molecular complexity index is 426. The molecule has 1 aliphatic rings. The Labute approximate surface area is 124 Å². The number of carbonyl (C=O) groups is 1. The Kier molecular flexibility index (Phi) is 6.16. The number of aryl methyl sites for hydroxylation is 1. The van der Waals surface area contributed by atoms with Gasteiger partial charge in [-0.1, -0.05) is 18.3 Å². The summed E-state index contributed by atoms with van der Waals surface area (Å²) in [4.78, 5) is 15.1. The number of rotatable bonds is 3. The Balaban J connectivity index is 0.00000180. The molecule has 5 nitrogen and oxygen atoms in total. The number of nitrogens with two attached hydrogens (primary N) is 1. The van der Waals surface area contributed by atoms with E-state index in [1.807, 2.05) is 11.8 Å². The summed E-state index contributed by atoms with van der Waals surface area (Å²) in [5, 5.41) is 4.01. The Morgan fingerprint density at radius 3 is 2.95 bits per heavy atom. The van der Waals surface area contributed by atoms with Crippen LogP contribution >= 0.6 is 23.9 Å². The number of carbonyl (C=O) groups excluding carboxylic acids is 1. The predicted molar refractivity (Wildman–Crippen MR) is 78.8 cm³/mol. The largest absolute Gasteiger partial charge is 0.334 e. The van der Waals surface area contributed by atoms with Gasteiger partial charge in [0, 0.05) is 19.1 Å². The lowest BCUT2D eigenvalue weighted by Gasteiger charge is -2.37. The maximum atomic E-state index is 12.5. The van der Waals surface area contributed by atoms with Crippen LogP contribution in [0.4, 0.5) is 0 Å². The van der Waals surface area contributed by atoms with Gasteiger partial charge in [-0.25, -0.2) is 0 Å². The van der Waals surface area contributed by atoms with E-state index in [-0.39, 0.29) is 24.4 Å². The minimum atomic E-state index is 0.